The lowest BCUT2D eigenvalue weighted by molar-refractivity contribution is 0.0976. The molecule has 3 aromatic rings. The zero-order chi connectivity index (χ0) is 29.0. The molecule has 3 aliphatic heterocycles. The number of carbonyl (C=O) groups excluding carboxylic acids is 3. The topological polar surface area (TPSA) is 250 Å². The molecule has 18 heteroatoms. The van der Waals surface area contributed by atoms with Crippen molar-refractivity contribution in [3.8, 4) is 0 Å². The Balaban J connectivity index is 0.000000154. The van der Waals surface area contributed by atoms with Gasteiger partial charge in [0.2, 0.25) is 0 Å². The molecule has 0 saturated heterocycles. The van der Waals surface area contributed by atoms with Gasteiger partial charge in [-0.05, 0) is 46.8 Å². The Morgan fingerprint density at radius 1 is 0.513 bits per heavy atom. The molecule has 15 nitrogen and oxygen atoms in total. The van der Waals surface area contributed by atoms with Crippen LogP contribution in [0.1, 0.15) is 31.1 Å². The molecular weight excluding hydrogens is 577 g/mol. The molecule has 39 heavy (non-hydrogen) atoms. The van der Waals surface area contributed by atoms with Crippen molar-refractivity contribution in [2.45, 2.75) is 14.7 Å². The average Bonchev–Trinajstić information content (AvgIpc) is 3.37. The van der Waals surface area contributed by atoms with Crippen LogP contribution >= 0.6 is 0 Å². The first-order valence-corrected chi connectivity index (χ1v) is 14.7. The third kappa shape index (κ3) is 6.04. The van der Waals surface area contributed by atoms with E-state index in [2.05, 4.69) is 0 Å². The number of nitrogens with one attached hydrogen (secondary N) is 4. The van der Waals surface area contributed by atoms with E-state index in [1.54, 1.807) is 41.3 Å². The van der Waals surface area contributed by atoms with Gasteiger partial charge >= 0.3 is 0 Å². The van der Waals surface area contributed by atoms with Crippen molar-refractivity contribution in [3.63, 3.8) is 0 Å². The monoisotopic (exact) mass is 593 g/mol. The molecule has 0 aromatic heterocycles. The van der Waals surface area contributed by atoms with Gasteiger partial charge in [-0.2, -0.15) is 0 Å². The highest BCUT2D eigenvalue weighted by molar-refractivity contribution is 7.91. The van der Waals surface area contributed by atoms with Crippen LogP contribution in [0.4, 0.5) is 0 Å². The lowest BCUT2D eigenvalue weighted by atomic mass is 10.2. The Morgan fingerprint density at radius 3 is 0.923 bits per heavy atom. The number of hydrogen-bond donors (Lipinski definition) is 4. The number of sulfonamides is 3. The highest BCUT2D eigenvalue weighted by Crippen LogP contribution is 2.22. The largest absolute Gasteiger partial charge is 0.268 e. The second-order valence-corrected chi connectivity index (χ2v) is 12.3. The zero-order valence-corrected chi connectivity index (χ0v) is 21.7. The summed E-state index contributed by atoms with van der Waals surface area (Å²) in [5.74, 6) is -1.65. The Bertz CT molecular complexity index is 1660. The minimum absolute atomic E-state index is 0.0648. The third-order valence-corrected chi connectivity index (χ3v) is 9.11. The summed E-state index contributed by atoms with van der Waals surface area (Å²) in [6.45, 7) is 0. The van der Waals surface area contributed by atoms with Crippen molar-refractivity contribution in [2.24, 2.45) is 0 Å². The molecular formula is C21H16N6O9S3. The van der Waals surface area contributed by atoms with E-state index in [0.29, 0.717) is 0 Å². The van der Waals surface area contributed by atoms with Crippen LogP contribution in [0.2, 0.25) is 0 Å². The maximum atomic E-state index is 11.1. The predicted molar refractivity (Wildman–Crippen MR) is 133 cm³/mol. The maximum Gasteiger partial charge on any atom is 0.266 e. The van der Waals surface area contributed by atoms with Crippen molar-refractivity contribution in [3.05, 3.63) is 99.9 Å². The normalized spacial score (nSPS) is 17.3. The third-order valence-electron chi connectivity index (χ3n) is 4.94. The number of carbonyl (C=O) groups is 3. The molecule has 0 spiro atoms. The lowest BCUT2D eigenvalue weighted by Crippen LogP contribution is -2.20. The molecule has 0 unspecified atom stereocenters. The van der Waals surface area contributed by atoms with Crippen LogP contribution in [0.3, 0.4) is 0 Å². The summed E-state index contributed by atoms with van der Waals surface area (Å²) in [7, 11) is -10.7. The van der Waals surface area contributed by atoms with Gasteiger partial charge in [0.05, 0.1) is 16.7 Å². The first-order valence-electron chi connectivity index (χ1n) is 10.2. The minimum atomic E-state index is -3.55. The molecule has 0 radical (unpaired) electrons. The SMILES string of the molecule is O=C1NS(=O)(=O)c2ccccc21.O=C1NS(=O)(=O)c2ccccc21.O=[13C]1NS(=O)(=O)c2ccccc21.[N-]=[N+]=N. The van der Waals surface area contributed by atoms with Crippen LogP contribution in [-0.2, 0) is 30.1 Å². The molecule has 3 aromatic carbocycles. The van der Waals surface area contributed by atoms with Crippen LogP contribution in [0.25, 0.3) is 10.4 Å². The van der Waals surface area contributed by atoms with Gasteiger partial charge in [-0.15, -0.1) is 5.53 Å². The van der Waals surface area contributed by atoms with Gasteiger partial charge in [0.15, 0.2) is 0 Å². The standard InChI is InChI=1S/3C7H5NO3S.HN3/c3*9-7-5-3-1-2-4-6(5)12(10,11)8-7;1-3-2/h3*1-4H,(H,8,9);1H/i7+1;;;. The molecule has 202 valence electrons. The summed E-state index contributed by atoms with van der Waals surface area (Å²) in [6.07, 6.45) is 0. The lowest BCUT2D eigenvalue weighted by Gasteiger charge is -1.91. The van der Waals surface area contributed by atoms with Crippen LogP contribution in [0, 0.1) is 5.53 Å². The molecule has 3 amide bonds. The van der Waals surface area contributed by atoms with Crippen molar-refractivity contribution in [1.29, 1.82) is 5.53 Å². The van der Waals surface area contributed by atoms with Crippen LogP contribution in [-0.4, -0.2) is 43.0 Å². The summed E-state index contributed by atoms with van der Waals surface area (Å²) < 4.78 is 72.5. The summed E-state index contributed by atoms with van der Waals surface area (Å²) in [4.78, 5) is 34.9. The van der Waals surface area contributed by atoms with E-state index in [4.69, 9.17) is 11.1 Å². The van der Waals surface area contributed by atoms with Gasteiger partial charge in [0.25, 0.3) is 47.8 Å². The van der Waals surface area contributed by atoms with E-state index < -0.39 is 47.8 Å². The highest BCUT2D eigenvalue weighted by Gasteiger charge is 2.33. The fourth-order valence-electron chi connectivity index (χ4n) is 3.36. The predicted octanol–water partition coefficient (Wildman–Crippen LogP) is 1.23. The van der Waals surface area contributed by atoms with Crippen molar-refractivity contribution >= 4 is 47.8 Å². The van der Waals surface area contributed by atoms with Crippen molar-refractivity contribution in [2.75, 3.05) is 0 Å². The van der Waals surface area contributed by atoms with Crippen LogP contribution in [0.15, 0.2) is 87.5 Å². The van der Waals surface area contributed by atoms with Crippen LogP contribution in [0.5, 0.6) is 0 Å². The summed E-state index contributed by atoms with van der Waals surface area (Å²) in [6, 6.07) is 18.3. The van der Waals surface area contributed by atoms with Gasteiger partial charge < -0.3 is 0 Å². The first-order chi connectivity index (χ1) is 18.2. The molecule has 0 atom stereocenters. The quantitative estimate of drug-likeness (QED) is 0.126. The van der Waals surface area contributed by atoms with E-state index in [-0.39, 0.29) is 31.4 Å². The van der Waals surface area contributed by atoms with Gasteiger partial charge in [-0.25, -0.2) is 39.4 Å². The van der Waals surface area contributed by atoms with Crippen LogP contribution < -0.4 is 14.2 Å². The molecule has 3 aliphatic rings. The van der Waals surface area contributed by atoms with E-state index in [1.165, 1.54) is 36.4 Å². The zero-order valence-electron chi connectivity index (χ0n) is 19.2. The molecule has 4 N–H and O–H groups in total. The maximum absolute atomic E-state index is 11.1. The van der Waals surface area contributed by atoms with Gasteiger partial charge in [0, 0.05) is 0 Å². The number of fused-ring (bicyclic) bond motifs is 3. The smallest absolute Gasteiger partial charge is 0.266 e. The Kier molecular flexibility index (Phi) is 8.06. The minimum Gasteiger partial charge on any atom is -0.268 e. The Morgan fingerprint density at radius 2 is 0.718 bits per heavy atom. The second kappa shape index (κ2) is 10.9. The summed E-state index contributed by atoms with van der Waals surface area (Å²) >= 11 is 0. The molecule has 0 bridgehead atoms. The van der Waals surface area contributed by atoms with Crippen molar-refractivity contribution < 1.29 is 39.6 Å². The molecule has 3 heterocycles. The van der Waals surface area contributed by atoms with E-state index >= 15 is 0 Å². The molecule has 0 saturated carbocycles. The highest BCUT2D eigenvalue weighted by atomic mass is 32.2. The van der Waals surface area contributed by atoms with Gasteiger partial charge in [0.1, 0.15) is 14.7 Å². The number of hydrogen-bond acceptors (Lipinski definition) is 10. The average molecular weight is 594 g/mol. The molecule has 0 fully saturated rings. The van der Waals surface area contributed by atoms with Crippen molar-refractivity contribution in [1.82, 2.24) is 14.2 Å². The molecule has 6 rings (SSSR count). The number of benzene rings is 3. The van der Waals surface area contributed by atoms with Gasteiger partial charge in [-0.1, -0.05) is 36.4 Å². The van der Waals surface area contributed by atoms with E-state index in [0.717, 1.165) is 0 Å². The van der Waals surface area contributed by atoms with E-state index in [1.807, 2.05) is 14.2 Å². The fraction of sp³-hybridized carbons (Fsp3) is 0. The summed E-state index contributed by atoms with van der Waals surface area (Å²) in [5, 5.41) is 0. The second-order valence-electron chi connectivity index (χ2n) is 7.39. The Labute approximate surface area is 221 Å². The fourth-order valence-corrected chi connectivity index (χ4v) is 6.88. The van der Waals surface area contributed by atoms with E-state index in [9.17, 15) is 39.6 Å². The summed E-state index contributed by atoms with van der Waals surface area (Å²) in [5.41, 5.74) is 12.9. The molecule has 0 aliphatic carbocycles. The number of rotatable bonds is 0. The number of nitrogens with zero attached hydrogens (tertiary/aromatic N) is 2. The van der Waals surface area contributed by atoms with Gasteiger partial charge in [-0.3, -0.25) is 14.4 Å². The first kappa shape index (κ1) is 28.8. The Hall–Kier alpha value is -4.77. The number of amides is 3.